The van der Waals surface area contributed by atoms with Gasteiger partial charge in [-0.05, 0) is 32.1 Å². The van der Waals surface area contributed by atoms with Crippen molar-refractivity contribution in [3.8, 4) is 0 Å². The number of aliphatic hydroxyl groups is 2. The Morgan fingerprint density at radius 2 is 1.24 bits per heavy atom. The van der Waals surface area contributed by atoms with Crippen LogP contribution >= 0.6 is 0 Å². The van der Waals surface area contributed by atoms with Gasteiger partial charge in [-0.2, -0.15) is 0 Å². The van der Waals surface area contributed by atoms with Crippen LogP contribution in [-0.4, -0.2) is 28.9 Å². The molecule has 0 aromatic rings. The molecule has 0 heterocycles. The second kappa shape index (κ2) is 18.4. The first-order valence-corrected chi connectivity index (χ1v) is 8.15. The molecule has 0 rings (SSSR count). The maximum atomic E-state index is 10.2. The number of aliphatic hydroxyl groups excluding tert-OH is 2. The molecule has 0 spiro atoms. The number of hydrogen-bond donors (Lipinski definition) is 2. The molecule has 120 valence electrons. The third kappa shape index (κ3) is 20.4. The fourth-order valence-corrected chi connectivity index (χ4v) is 2.35. The minimum absolute atomic E-state index is 0. The zero-order valence-corrected chi connectivity index (χ0v) is 15.7. The van der Waals surface area contributed by atoms with Gasteiger partial charge in [-0.3, -0.25) is 0 Å². The summed E-state index contributed by atoms with van der Waals surface area (Å²) in [5, 5.41) is 28.6. The van der Waals surface area contributed by atoms with E-state index in [-0.39, 0.29) is 42.1 Å². The molecule has 4 nitrogen and oxygen atoms in total. The number of carbonyl (C=O) groups is 1. The van der Waals surface area contributed by atoms with Gasteiger partial charge in [0.2, 0.25) is 0 Å². The van der Waals surface area contributed by atoms with Crippen molar-refractivity contribution in [1.29, 1.82) is 0 Å². The van der Waals surface area contributed by atoms with Crippen LogP contribution in [0.3, 0.4) is 0 Å². The SMILES string of the molecule is O=C([O-])CCCCC(O)CCCCCCCCCCO.[Na+]. The van der Waals surface area contributed by atoms with E-state index < -0.39 is 5.97 Å². The van der Waals surface area contributed by atoms with E-state index in [4.69, 9.17) is 5.11 Å². The summed E-state index contributed by atoms with van der Waals surface area (Å²) in [6.45, 7) is 0.306. The summed E-state index contributed by atoms with van der Waals surface area (Å²) < 4.78 is 0. The van der Waals surface area contributed by atoms with E-state index in [0.717, 1.165) is 38.5 Å². The van der Waals surface area contributed by atoms with Gasteiger partial charge in [0.1, 0.15) is 0 Å². The molecule has 2 N–H and O–H groups in total. The van der Waals surface area contributed by atoms with Gasteiger partial charge in [0.15, 0.2) is 0 Å². The number of hydrogen-bond acceptors (Lipinski definition) is 4. The normalized spacial score (nSPS) is 11.9. The molecule has 0 aromatic heterocycles. The van der Waals surface area contributed by atoms with Gasteiger partial charge in [0, 0.05) is 12.6 Å². The Labute approximate surface area is 151 Å². The number of carbonyl (C=O) groups excluding carboxylic acids is 1. The van der Waals surface area contributed by atoms with Crippen LogP contribution in [0.1, 0.15) is 83.5 Å². The summed E-state index contributed by atoms with van der Waals surface area (Å²) in [6.07, 6.45) is 11.9. The summed E-state index contributed by atoms with van der Waals surface area (Å²) >= 11 is 0. The standard InChI is InChI=1S/C16H32O4.Na/c17-14-10-6-4-2-1-3-5-7-11-15(18)12-8-9-13-16(19)20;/h15,17-18H,1-14H2,(H,19,20);/q;+1/p-1. The van der Waals surface area contributed by atoms with E-state index in [0.29, 0.717) is 19.4 Å². The van der Waals surface area contributed by atoms with Gasteiger partial charge in [0.25, 0.3) is 0 Å². The Bertz CT molecular complexity index is 224. The van der Waals surface area contributed by atoms with Gasteiger partial charge < -0.3 is 20.1 Å². The first kappa shape index (κ1) is 23.7. The van der Waals surface area contributed by atoms with Crippen LogP contribution in [0.5, 0.6) is 0 Å². The van der Waals surface area contributed by atoms with E-state index in [1.54, 1.807) is 0 Å². The van der Waals surface area contributed by atoms with Gasteiger partial charge in [-0.1, -0.05) is 51.4 Å². The Morgan fingerprint density at radius 1 is 0.810 bits per heavy atom. The second-order valence-corrected chi connectivity index (χ2v) is 5.61. The number of carboxylic acid groups (broad SMARTS) is 1. The Balaban J connectivity index is 0. The van der Waals surface area contributed by atoms with Crippen molar-refractivity contribution in [2.24, 2.45) is 0 Å². The molecule has 0 aliphatic heterocycles. The molecule has 0 saturated carbocycles. The average Bonchev–Trinajstić information content (AvgIpc) is 2.41. The zero-order chi connectivity index (χ0) is 15.1. The van der Waals surface area contributed by atoms with Gasteiger partial charge in [-0.25, -0.2) is 0 Å². The number of carboxylic acids is 1. The molecule has 0 amide bonds. The van der Waals surface area contributed by atoms with Crippen LogP contribution in [0.15, 0.2) is 0 Å². The number of aliphatic carboxylic acids is 1. The third-order valence-corrected chi connectivity index (χ3v) is 3.61. The molecule has 1 atom stereocenters. The molecule has 0 aliphatic rings. The summed E-state index contributed by atoms with van der Waals surface area (Å²) in [6, 6.07) is 0. The van der Waals surface area contributed by atoms with Crippen LogP contribution in [0, 0.1) is 0 Å². The summed E-state index contributed by atoms with van der Waals surface area (Å²) in [4.78, 5) is 10.2. The van der Waals surface area contributed by atoms with E-state index >= 15 is 0 Å². The molecule has 0 saturated heterocycles. The van der Waals surface area contributed by atoms with Crippen LogP contribution in [0.2, 0.25) is 0 Å². The van der Waals surface area contributed by atoms with Crippen molar-refractivity contribution in [3.05, 3.63) is 0 Å². The van der Waals surface area contributed by atoms with Crippen LogP contribution in [0.4, 0.5) is 0 Å². The van der Waals surface area contributed by atoms with Crippen molar-refractivity contribution in [1.82, 2.24) is 0 Å². The van der Waals surface area contributed by atoms with Crippen molar-refractivity contribution >= 4 is 5.97 Å². The maximum Gasteiger partial charge on any atom is 1.00 e. The summed E-state index contributed by atoms with van der Waals surface area (Å²) in [5.41, 5.74) is 0. The van der Waals surface area contributed by atoms with Gasteiger partial charge in [0.05, 0.1) is 6.10 Å². The molecule has 0 bridgehead atoms. The first-order chi connectivity index (χ1) is 9.66. The summed E-state index contributed by atoms with van der Waals surface area (Å²) in [7, 11) is 0. The number of rotatable bonds is 15. The van der Waals surface area contributed by atoms with Gasteiger partial charge >= 0.3 is 29.6 Å². The molecule has 1 unspecified atom stereocenters. The van der Waals surface area contributed by atoms with Crippen LogP contribution in [-0.2, 0) is 4.79 Å². The molecule has 0 aromatic carbocycles. The van der Waals surface area contributed by atoms with E-state index in [1.807, 2.05) is 0 Å². The van der Waals surface area contributed by atoms with E-state index in [9.17, 15) is 15.0 Å². The quantitative estimate of drug-likeness (QED) is 0.305. The molecule has 0 radical (unpaired) electrons. The number of unbranched alkanes of at least 4 members (excludes halogenated alkanes) is 8. The fourth-order valence-electron chi connectivity index (χ4n) is 2.35. The maximum absolute atomic E-state index is 10.2. The molecule has 5 heteroatoms. The average molecular weight is 310 g/mol. The predicted molar refractivity (Wildman–Crippen MR) is 78.1 cm³/mol. The molecular formula is C16H31NaO4. The molecular weight excluding hydrogens is 279 g/mol. The molecule has 0 fully saturated rings. The Morgan fingerprint density at radius 3 is 1.71 bits per heavy atom. The van der Waals surface area contributed by atoms with Crippen molar-refractivity contribution in [2.75, 3.05) is 6.61 Å². The second-order valence-electron chi connectivity index (χ2n) is 5.61. The van der Waals surface area contributed by atoms with Crippen molar-refractivity contribution in [2.45, 2.75) is 89.6 Å². The van der Waals surface area contributed by atoms with Crippen LogP contribution in [0.25, 0.3) is 0 Å². The first-order valence-electron chi connectivity index (χ1n) is 8.15. The Hall–Kier alpha value is 0.390. The van der Waals surface area contributed by atoms with E-state index in [1.165, 1.54) is 25.7 Å². The third-order valence-electron chi connectivity index (χ3n) is 3.61. The smallest absolute Gasteiger partial charge is 0.550 e. The van der Waals surface area contributed by atoms with Crippen LogP contribution < -0.4 is 34.7 Å². The monoisotopic (exact) mass is 310 g/mol. The predicted octanol–water partition coefficient (Wildman–Crippen LogP) is -0.835. The van der Waals surface area contributed by atoms with Crippen molar-refractivity contribution < 1.29 is 49.7 Å². The Kier molecular flexibility index (Phi) is 20.8. The largest absolute Gasteiger partial charge is 1.00 e. The minimum atomic E-state index is -1.00. The minimum Gasteiger partial charge on any atom is -0.550 e. The molecule has 21 heavy (non-hydrogen) atoms. The topological polar surface area (TPSA) is 80.6 Å². The summed E-state index contributed by atoms with van der Waals surface area (Å²) in [5.74, 6) is -1.00. The van der Waals surface area contributed by atoms with E-state index in [2.05, 4.69) is 0 Å². The zero-order valence-electron chi connectivity index (χ0n) is 13.7. The van der Waals surface area contributed by atoms with Crippen molar-refractivity contribution in [3.63, 3.8) is 0 Å². The fraction of sp³-hybridized carbons (Fsp3) is 0.938. The van der Waals surface area contributed by atoms with Gasteiger partial charge in [-0.15, -0.1) is 0 Å². The molecule has 0 aliphatic carbocycles.